The van der Waals surface area contributed by atoms with E-state index in [9.17, 15) is 0 Å². The van der Waals surface area contributed by atoms with Crippen molar-refractivity contribution in [1.29, 1.82) is 0 Å². The summed E-state index contributed by atoms with van der Waals surface area (Å²) in [5.41, 5.74) is 4.00. The van der Waals surface area contributed by atoms with Crippen molar-refractivity contribution in [2.45, 2.75) is 13.8 Å². The molecule has 1 aliphatic rings. The zero-order valence-corrected chi connectivity index (χ0v) is 13.7. The van der Waals surface area contributed by atoms with E-state index in [0.717, 1.165) is 42.3 Å². The van der Waals surface area contributed by atoms with E-state index in [4.69, 9.17) is 16.4 Å². The topological polar surface area (TPSA) is 29.8 Å². The van der Waals surface area contributed by atoms with Gasteiger partial charge in [-0.1, -0.05) is 30.6 Å². The minimum Gasteiger partial charge on any atom is -0.394 e. The van der Waals surface area contributed by atoms with Crippen molar-refractivity contribution >= 4 is 17.3 Å². The van der Waals surface area contributed by atoms with Crippen LogP contribution in [0.15, 0.2) is 41.7 Å². The monoisotopic (exact) mass is 317 g/mol. The van der Waals surface area contributed by atoms with E-state index in [1.807, 2.05) is 36.5 Å². The summed E-state index contributed by atoms with van der Waals surface area (Å²) in [5.74, 6) is 0. The van der Waals surface area contributed by atoms with Crippen LogP contribution in [-0.2, 0) is 4.84 Å². The molecule has 116 valence electrons. The van der Waals surface area contributed by atoms with Crippen LogP contribution in [0.3, 0.4) is 0 Å². The first-order valence-corrected chi connectivity index (χ1v) is 8.02. The Labute approximate surface area is 135 Å². The molecular formula is C17H20ClN3O. The lowest BCUT2D eigenvalue weighted by Crippen LogP contribution is -2.26. The van der Waals surface area contributed by atoms with Crippen molar-refractivity contribution in [3.8, 4) is 5.69 Å². The van der Waals surface area contributed by atoms with Crippen molar-refractivity contribution < 1.29 is 4.84 Å². The third kappa shape index (κ3) is 2.76. The SMILES string of the molecule is CCN(CC)CCON=C1c2cc(Cl)ccc2-n2cccc21. The fourth-order valence-corrected chi connectivity index (χ4v) is 2.92. The predicted molar refractivity (Wildman–Crippen MR) is 90.2 cm³/mol. The third-order valence-electron chi connectivity index (χ3n) is 4.01. The highest BCUT2D eigenvalue weighted by molar-refractivity contribution is 6.31. The van der Waals surface area contributed by atoms with Crippen LogP contribution in [0.25, 0.3) is 5.69 Å². The van der Waals surface area contributed by atoms with E-state index in [1.165, 1.54) is 0 Å². The number of aromatic nitrogens is 1. The Morgan fingerprint density at radius 2 is 2.05 bits per heavy atom. The number of hydrogen-bond donors (Lipinski definition) is 0. The molecule has 0 fully saturated rings. The molecule has 2 heterocycles. The molecule has 0 N–H and O–H groups in total. The van der Waals surface area contributed by atoms with E-state index >= 15 is 0 Å². The first kappa shape index (κ1) is 15.1. The van der Waals surface area contributed by atoms with Gasteiger partial charge >= 0.3 is 0 Å². The molecule has 0 unspecified atom stereocenters. The molecule has 3 rings (SSSR count). The summed E-state index contributed by atoms with van der Waals surface area (Å²) in [4.78, 5) is 7.87. The molecule has 0 radical (unpaired) electrons. The molecule has 0 spiro atoms. The highest BCUT2D eigenvalue weighted by Gasteiger charge is 2.25. The lowest BCUT2D eigenvalue weighted by Gasteiger charge is -2.16. The number of halogens is 1. The largest absolute Gasteiger partial charge is 0.394 e. The number of likely N-dealkylation sites (N-methyl/N-ethyl adjacent to an activating group) is 1. The molecule has 0 aliphatic carbocycles. The standard InChI is InChI=1S/C17H20ClN3O/c1-3-20(4-2)10-11-22-19-17-14-12-13(18)7-8-15(14)21-9-5-6-16(17)21/h5-9,12H,3-4,10-11H2,1-2H3. The highest BCUT2D eigenvalue weighted by Crippen LogP contribution is 2.30. The fraction of sp³-hybridized carbons (Fsp3) is 0.353. The van der Waals surface area contributed by atoms with Crippen LogP contribution in [0.5, 0.6) is 0 Å². The zero-order valence-electron chi connectivity index (χ0n) is 12.9. The molecular weight excluding hydrogens is 298 g/mol. The number of fused-ring (bicyclic) bond motifs is 3. The molecule has 1 aromatic heterocycles. The van der Waals surface area contributed by atoms with Gasteiger partial charge in [-0.3, -0.25) is 0 Å². The minimum absolute atomic E-state index is 0.585. The van der Waals surface area contributed by atoms with Crippen molar-refractivity contribution in [2.75, 3.05) is 26.2 Å². The number of hydrogen-bond acceptors (Lipinski definition) is 3. The van der Waals surface area contributed by atoms with Gasteiger partial charge in [0.05, 0.1) is 11.4 Å². The van der Waals surface area contributed by atoms with Crippen LogP contribution in [-0.4, -0.2) is 41.4 Å². The van der Waals surface area contributed by atoms with Crippen LogP contribution >= 0.6 is 11.6 Å². The van der Waals surface area contributed by atoms with Crippen molar-refractivity contribution in [2.24, 2.45) is 5.16 Å². The Morgan fingerprint density at radius 3 is 2.82 bits per heavy atom. The first-order chi connectivity index (χ1) is 10.7. The number of nitrogens with zero attached hydrogens (tertiary/aromatic N) is 3. The van der Waals surface area contributed by atoms with Crippen LogP contribution in [0.4, 0.5) is 0 Å². The molecule has 22 heavy (non-hydrogen) atoms. The molecule has 0 bridgehead atoms. The zero-order chi connectivity index (χ0) is 15.5. The summed E-state index contributed by atoms with van der Waals surface area (Å²) >= 11 is 6.13. The van der Waals surface area contributed by atoms with Crippen LogP contribution in [0.1, 0.15) is 25.1 Å². The summed E-state index contributed by atoms with van der Waals surface area (Å²) in [6.07, 6.45) is 2.03. The van der Waals surface area contributed by atoms with Crippen molar-refractivity contribution in [1.82, 2.24) is 9.47 Å². The van der Waals surface area contributed by atoms with Gasteiger partial charge in [-0.2, -0.15) is 0 Å². The summed E-state index contributed by atoms with van der Waals surface area (Å²) < 4.78 is 2.11. The van der Waals surface area contributed by atoms with Gasteiger partial charge in [0.2, 0.25) is 0 Å². The molecule has 1 aromatic carbocycles. The smallest absolute Gasteiger partial charge is 0.136 e. The lowest BCUT2D eigenvalue weighted by atomic mass is 10.1. The maximum Gasteiger partial charge on any atom is 0.136 e. The number of oxime groups is 1. The quantitative estimate of drug-likeness (QED) is 0.514. The molecule has 1 aliphatic heterocycles. The van der Waals surface area contributed by atoms with E-state index < -0.39 is 0 Å². The predicted octanol–water partition coefficient (Wildman–Crippen LogP) is 3.55. The van der Waals surface area contributed by atoms with Gasteiger partial charge in [-0.05, 0) is 43.4 Å². The molecule has 4 nitrogen and oxygen atoms in total. The number of benzene rings is 1. The van der Waals surface area contributed by atoms with Gasteiger partial charge in [-0.15, -0.1) is 0 Å². The molecule has 5 heteroatoms. The van der Waals surface area contributed by atoms with Gasteiger partial charge in [0, 0.05) is 23.3 Å². The van der Waals surface area contributed by atoms with Crippen molar-refractivity contribution in [3.63, 3.8) is 0 Å². The fourth-order valence-electron chi connectivity index (χ4n) is 2.75. The van der Waals surface area contributed by atoms with E-state index in [2.05, 4.69) is 28.5 Å². The second kappa shape index (κ2) is 6.55. The molecule has 0 atom stereocenters. The molecule has 0 saturated heterocycles. The maximum atomic E-state index is 6.13. The molecule has 0 saturated carbocycles. The summed E-state index contributed by atoms with van der Waals surface area (Å²) in [6, 6.07) is 9.91. The maximum absolute atomic E-state index is 6.13. The Bertz CT molecular complexity index is 689. The Morgan fingerprint density at radius 1 is 1.23 bits per heavy atom. The Kier molecular flexibility index (Phi) is 4.50. The highest BCUT2D eigenvalue weighted by atomic mass is 35.5. The van der Waals surface area contributed by atoms with E-state index in [0.29, 0.717) is 11.6 Å². The van der Waals surface area contributed by atoms with E-state index in [-0.39, 0.29) is 0 Å². The molecule has 0 amide bonds. The second-order valence-electron chi connectivity index (χ2n) is 5.22. The van der Waals surface area contributed by atoms with Gasteiger partial charge in [0.15, 0.2) is 0 Å². The van der Waals surface area contributed by atoms with Gasteiger partial charge in [0.1, 0.15) is 12.3 Å². The Balaban J connectivity index is 1.79. The Hall–Kier alpha value is -1.78. The summed E-state index contributed by atoms with van der Waals surface area (Å²) in [5, 5.41) is 5.08. The summed E-state index contributed by atoms with van der Waals surface area (Å²) in [6.45, 7) is 7.82. The second-order valence-corrected chi connectivity index (χ2v) is 5.66. The van der Waals surface area contributed by atoms with Crippen molar-refractivity contribution in [3.05, 3.63) is 52.8 Å². The number of rotatable bonds is 6. The first-order valence-electron chi connectivity index (χ1n) is 7.65. The van der Waals surface area contributed by atoms with Gasteiger partial charge < -0.3 is 14.3 Å². The minimum atomic E-state index is 0.585. The lowest BCUT2D eigenvalue weighted by molar-refractivity contribution is 0.114. The van der Waals surface area contributed by atoms with Gasteiger partial charge in [0.25, 0.3) is 0 Å². The molecule has 2 aromatic rings. The average molecular weight is 318 g/mol. The van der Waals surface area contributed by atoms with E-state index in [1.54, 1.807) is 0 Å². The van der Waals surface area contributed by atoms with Crippen LogP contribution in [0, 0.1) is 0 Å². The average Bonchev–Trinajstić information content (AvgIpc) is 3.09. The van der Waals surface area contributed by atoms with Crippen LogP contribution < -0.4 is 0 Å². The summed E-state index contributed by atoms with van der Waals surface area (Å²) in [7, 11) is 0. The normalized spacial score (nSPS) is 14.5. The third-order valence-corrected chi connectivity index (χ3v) is 4.25. The van der Waals surface area contributed by atoms with Gasteiger partial charge in [-0.25, -0.2) is 0 Å². The van der Waals surface area contributed by atoms with Crippen LogP contribution in [0.2, 0.25) is 5.02 Å².